The van der Waals surface area contributed by atoms with Crippen LogP contribution in [0.2, 0.25) is 0 Å². The fraction of sp³-hybridized carbons (Fsp3) is 0.552. The Labute approximate surface area is 740 Å². The molecule has 39 nitrogen and oxygen atoms in total. The number of phenolic OH excluding ortho intramolecular Hbond substituents is 1. The number of aliphatic hydroxyl groups is 1. The second kappa shape index (κ2) is 47.4. The van der Waals surface area contributed by atoms with Crippen LogP contribution in [0.1, 0.15) is 142 Å². The number of thioether (sulfide) groups is 1. The number of amides is 16. The molecule has 2 aromatic heterocycles. The minimum Gasteiger partial charge on any atom is -0.508 e. The number of hydrogen-bond donors (Lipinski definition) is 17. The van der Waals surface area contributed by atoms with Crippen molar-refractivity contribution in [3.63, 3.8) is 0 Å². The molecule has 127 heavy (non-hydrogen) atoms. The van der Waals surface area contributed by atoms with E-state index in [-0.39, 0.29) is 88.3 Å². The van der Waals surface area contributed by atoms with Gasteiger partial charge in [0.15, 0.2) is 0 Å². The van der Waals surface area contributed by atoms with Crippen molar-refractivity contribution in [2.24, 2.45) is 23.3 Å². The Balaban J connectivity index is 1.16. The zero-order valence-electron chi connectivity index (χ0n) is 73.5. The van der Waals surface area contributed by atoms with Gasteiger partial charge in [-0.05, 0) is 98.2 Å². The second-order valence-corrected chi connectivity index (χ2v) is 34.6. The molecule has 0 saturated carbocycles. The SMILES string of the molecule is CCCC[C@H]1C(=O)N(C)[C@@H](CCCC)C(=O)N[C@@H](CC(C)C)C(=O)N[C@H](C(=O)NCC(=O)O)CSCC(=O)N[C@@H](Cc2ccc(O)cc2)C(=O)N(C)[C@@H](C)C(=O)N[C@@H](CC(N)=O)C(=O)N2CCC[C@H]2C(=O)N[C@@H](CN)C(=O)N[C@@H](CC(C)C)C(=O)N2C[C@H](O)C[C@H]2C(=O)N[C@@H](Cc2c[nH]c3ccccc23)C(=O)NCC(=O)N[C@@H](Cc2c[nH]c3ccccc23)C(=O)N1C. The highest BCUT2D eigenvalue weighted by Crippen LogP contribution is 2.28. The first-order valence-electron chi connectivity index (χ1n) is 43.0. The average molecular weight is 1790 g/mol. The van der Waals surface area contributed by atoms with E-state index in [4.69, 9.17) is 11.5 Å². The molecule has 3 aromatic carbocycles. The van der Waals surface area contributed by atoms with Gasteiger partial charge in [0.2, 0.25) is 94.5 Å². The topological polar surface area (TPSA) is 571 Å². The molecule has 19 N–H and O–H groups in total. The molecule has 692 valence electrons. The third-order valence-electron chi connectivity index (χ3n) is 22.9. The summed E-state index contributed by atoms with van der Waals surface area (Å²) in [7, 11) is 4.00. The van der Waals surface area contributed by atoms with Crippen LogP contribution in [0.5, 0.6) is 5.75 Å². The summed E-state index contributed by atoms with van der Waals surface area (Å²) in [6.45, 7) is 9.22. The number of rotatable bonds is 22. The van der Waals surface area contributed by atoms with E-state index in [0.29, 0.717) is 64.2 Å². The van der Waals surface area contributed by atoms with Gasteiger partial charge in [0, 0.05) is 106 Å². The summed E-state index contributed by atoms with van der Waals surface area (Å²) < 4.78 is 0. The molecular formula is C87H123N19O20S. The second-order valence-electron chi connectivity index (χ2n) is 33.5. The van der Waals surface area contributed by atoms with Crippen LogP contribution in [-0.4, -0.2) is 300 Å². The Kier molecular flexibility index (Phi) is 37.4. The Morgan fingerprint density at radius 1 is 0.551 bits per heavy atom. The maximum absolute atomic E-state index is 15.5. The first kappa shape index (κ1) is 100. The Morgan fingerprint density at radius 2 is 1.07 bits per heavy atom. The minimum absolute atomic E-state index is 0.00202. The van der Waals surface area contributed by atoms with Crippen LogP contribution >= 0.6 is 11.8 Å². The zero-order chi connectivity index (χ0) is 93.2. The molecule has 16 amide bonds. The lowest BCUT2D eigenvalue weighted by atomic mass is 9.99. The molecule has 14 atom stereocenters. The molecule has 0 aliphatic carbocycles. The smallest absolute Gasteiger partial charge is 0.322 e. The van der Waals surface area contributed by atoms with Crippen molar-refractivity contribution in [2.45, 2.75) is 229 Å². The number of unbranched alkanes of at least 4 members (excludes halogenated alkanes) is 2. The molecule has 3 aliphatic rings. The van der Waals surface area contributed by atoms with Gasteiger partial charge in [-0.1, -0.05) is 116 Å². The highest BCUT2D eigenvalue weighted by molar-refractivity contribution is 8.00. The quantitative estimate of drug-likeness (QED) is 0.0399. The first-order chi connectivity index (χ1) is 60.3. The first-order valence-corrected chi connectivity index (χ1v) is 44.2. The molecule has 8 rings (SSSR count). The molecule has 0 bridgehead atoms. The van der Waals surface area contributed by atoms with Crippen molar-refractivity contribution in [2.75, 3.05) is 65.4 Å². The number of aromatic amines is 2. The van der Waals surface area contributed by atoms with E-state index in [1.165, 1.54) is 62.1 Å². The van der Waals surface area contributed by atoms with E-state index in [0.717, 1.165) is 26.5 Å². The lowest BCUT2D eigenvalue weighted by Gasteiger charge is -2.36. The van der Waals surface area contributed by atoms with E-state index in [1.807, 2.05) is 26.0 Å². The summed E-state index contributed by atoms with van der Waals surface area (Å²) in [6.07, 6.45) is 2.21. The highest BCUT2D eigenvalue weighted by Gasteiger charge is 2.46. The number of aliphatic carboxylic acids is 1. The van der Waals surface area contributed by atoms with Crippen molar-refractivity contribution in [3.8, 4) is 5.75 Å². The molecule has 3 fully saturated rings. The summed E-state index contributed by atoms with van der Waals surface area (Å²) >= 11 is 0.773. The third-order valence-corrected chi connectivity index (χ3v) is 23.9. The fourth-order valence-electron chi connectivity index (χ4n) is 15.9. The van der Waals surface area contributed by atoms with E-state index < -0.39 is 229 Å². The number of primary amides is 1. The molecule has 5 aromatic rings. The van der Waals surface area contributed by atoms with Gasteiger partial charge in [0.1, 0.15) is 90.8 Å². The number of H-pyrrole nitrogens is 2. The monoisotopic (exact) mass is 1790 g/mol. The summed E-state index contributed by atoms with van der Waals surface area (Å²) in [5.74, 6) is -17.5. The highest BCUT2D eigenvalue weighted by atomic mass is 32.2. The number of carbonyl (C=O) groups excluding carboxylic acids is 16. The van der Waals surface area contributed by atoms with Gasteiger partial charge < -0.3 is 114 Å². The van der Waals surface area contributed by atoms with E-state index in [1.54, 1.807) is 76.5 Å². The normalized spacial score (nSPS) is 25.1. The number of nitrogens with zero attached hydrogens (tertiary/aromatic N) is 5. The van der Waals surface area contributed by atoms with E-state index >= 15 is 24.0 Å². The molecule has 0 radical (unpaired) electrons. The van der Waals surface area contributed by atoms with Gasteiger partial charge >= 0.3 is 5.97 Å². The average Bonchev–Trinajstić information content (AvgIpc) is 1.74. The molecule has 0 spiro atoms. The number of aromatic hydroxyl groups is 1. The number of benzene rings is 3. The summed E-state index contributed by atoms with van der Waals surface area (Å²) in [4.78, 5) is 258. The number of phenols is 1. The van der Waals surface area contributed by atoms with Gasteiger partial charge in [-0.15, -0.1) is 11.8 Å². The number of para-hydroxylation sites is 2. The molecular weight excluding hydrogens is 1660 g/mol. The maximum Gasteiger partial charge on any atom is 0.322 e. The van der Waals surface area contributed by atoms with Crippen LogP contribution < -0.4 is 64.6 Å². The van der Waals surface area contributed by atoms with Crippen molar-refractivity contribution < 1.29 is 96.8 Å². The summed E-state index contributed by atoms with van der Waals surface area (Å²) in [6, 6.07) is 0.692. The standard InChI is InChI=1S/C87H123N19O20S/c1-11-13-24-67-80(119)96-59(32-47(3)4)78(117)101-66(77(116)93-43-74(112)113)45-127-46-73(111)95-62(34-50-27-29-53(107)30-28-50)83(122)102(8)49(7)75(114)98-64(38-71(89)109)85(124)105-31-19-26-68(105)81(120)100-65(39-88)79(118)99-61(33-48(5)6)86(125)106-44-54(108)37-70(106)82(121)97-60(35-51-40-90-57-22-17-15-20-55(51)57)76(115)92-42-72(110)94-63(36-52-41-91-58-23-18-16-21-56(52)58)84(123)104(10)69(25-14-12-2)87(126)103(67)9/h15-18,20-23,27-30,40-41,47-49,54,59-70,90-91,107-108H,11-14,19,24-26,31-39,42-46,88H2,1-10H3,(H2,89,109)(H,92,115)(H,93,116)(H,94,110)(H,95,111)(H,96,119)(H,97,121)(H,98,114)(H,99,118)(H,100,120)(H,101,117)(H,112,113)/t49-,54+,59-,60-,61-,62-,63-,64-,65-,66-,67-,68-,69-,70-/m0/s1. The number of aromatic nitrogens is 2. The summed E-state index contributed by atoms with van der Waals surface area (Å²) in [5, 5.41) is 58.7. The molecule has 5 heterocycles. The van der Waals surface area contributed by atoms with Crippen molar-refractivity contribution in [1.29, 1.82) is 0 Å². The van der Waals surface area contributed by atoms with Crippen LogP contribution in [0.3, 0.4) is 0 Å². The molecule has 0 unspecified atom stereocenters. The van der Waals surface area contributed by atoms with Gasteiger partial charge in [-0.2, -0.15) is 0 Å². The minimum atomic E-state index is -1.76. The van der Waals surface area contributed by atoms with Crippen molar-refractivity contribution >= 4 is 134 Å². The number of likely N-dealkylation sites (N-methyl/N-ethyl adjacent to an activating group) is 3. The Morgan fingerprint density at radius 3 is 1.67 bits per heavy atom. The van der Waals surface area contributed by atoms with E-state index in [9.17, 15) is 72.9 Å². The van der Waals surface area contributed by atoms with Gasteiger partial charge in [0.25, 0.3) is 0 Å². The molecule has 3 saturated heterocycles. The predicted octanol–water partition coefficient (Wildman–Crippen LogP) is -0.915. The van der Waals surface area contributed by atoms with Crippen molar-refractivity contribution in [3.05, 3.63) is 102 Å². The van der Waals surface area contributed by atoms with Gasteiger partial charge in [0.05, 0.1) is 24.8 Å². The maximum atomic E-state index is 15.5. The number of hydrogen-bond acceptors (Lipinski definition) is 21. The number of carboxylic acid groups (broad SMARTS) is 1. The predicted molar refractivity (Wildman–Crippen MR) is 469 cm³/mol. The van der Waals surface area contributed by atoms with Crippen molar-refractivity contribution in [1.82, 2.24) is 87.6 Å². The van der Waals surface area contributed by atoms with Crippen LogP contribution in [0.4, 0.5) is 0 Å². The van der Waals surface area contributed by atoms with Crippen LogP contribution in [0, 0.1) is 11.8 Å². The Bertz CT molecular complexity index is 4770. The van der Waals surface area contributed by atoms with Gasteiger partial charge in [-0.3, -0.25) is 81.5 Å². The number of nitrogens with two attached hydrogens (primary N) is 2. The van der Waals surface area contributed by atoms with Crippen LogP contribution in [0.15, 0.2) is 85.2 Å². The van der Waals surface area contributed by atoms with Gasteiger partial charge in [-0.25, -0.2) is 0 Å². The van der Waals surface area contributed by atoms with Crippen LogP contribution in [-0.2, 0) is 101 Å². The Hall–Kier alpha value is -12.2. The third kappa shape index (κ3) is 27.9. The molecule has 3 aliphatic heterocycles. The fourth-order valence-corrected chi connectivity index (χ4v) is 16.7. The number of carbonyl (C=O) groups is 17. The lowest BCUT2D eigenvalue weighted by Crippen LogP contribution is -2.61. The number of carboxylic acids is 1. The van der Waals surface area contributed by atoms with E-state index in [2.05, 4.69) is 63.1 Å². The van der Waals surface area contributed by atoms with Crippen LogP contribution in [0.25, 0.3) is 21.8 Å². The number of aliphatic hydroxyl groups excluding tert-OH is 1. The summed E-state index contributed by atoms with van der Waals surface area (Å²) in [5.41, 5.74) is 14.7. The number of nitrogens with one attached hydrogen (secondary N) is 12. The lowest BCUT2D eigenvalue weighted by molar-refractivity contribution is -0.149. The largest absolute Gasteiger partial charge is 0.508 e. The number of fused-ring (bicyclic) bond motifs is 4. The molecule has 40 heteroatoms. The zero-order valence-corrected chi connectivity index (χ0v) is 74.3.